The van der Waals surface area contributed by atoms with Gasteiger partial charge in [-0.25, -0.2) is 0 Å². The highest BCUT2D eigenvalue weighted by molar-refractivity contribution is 5.19. The monoisotopic (exact) mass is 163 g/mol. The van der Waals surface area contributed by atoms with Crippen molar-refractivity contribution in [3.05, 3.63) is 30.3 Å². The molecule has 0 bridgehead atoms. The molecule has 12 heavy (non-hydrogen) atoms. The molecule has 1 aliphatic heterocycles. The van der Waals surface area contributed by atoms with Crippen LogP contribution >= 0.6 is 0 Å². The maximum Gasteiger partial charge on any atom is 0.127 e. The zero-order valence-electron chi connectivity index (χ0n) is 6.82. The fraction of sp³-hybridized carbons (Fsp3) is 0.400. The number of ether oxygens (including phenoxy) is 2. The maximum atomic E-state index is 5.47. The molecular weight excluding hydrogens is 152 g/mol. The van der Waals surface area contributed by atoms with Crippen molar-refractivity contribution in [3.8, 4) is 5.75 Å². The molecule has 1 radical (unpaired) electrons. The molecule has 63 valence electrons. The molecular formula is C10H11O2. The van der Waals surface area contributed by atoms with Crippen molar-refractivity contribution >= 4 is 0 Å². The van der Waals surface area contributed by atoms with Crippen LogP contribution in [0.4, 0.5) is 0 Å². The van der Waals surface area contributed by atoms with Gasteiger partial charge in [-0.2, -0.15) is 0 Å². The average Bonchev–Trinajstić information content (AvgIpc) is 2.04. The Kier molecular flexibility index (Phi) is 2.28. The second kappa shape index (κ2) is 3.59. The van der Waals surface area contributed by atoms with Gasteiger partial charge in [-0.15, -0.1) is 0 Å². The van der Waals surface area contributed by atoms with Crippen LogP contribution in [0.1, 0.15) is 0 Å². The first-order valence-corrected chi connectivity index (χ1v) is 4.12. The van der Waals surface area contributed by atoms with Crippen molar-refractivity contribution in [1.29, 1.82) is 0 Å². The molecule has 1 saturated heterocycles. The van der Waals surface area contributed by atoms with Crippen molar-refractivity contribution in [3.63, 3.8) is 0 Å². The lowest BCUT2D eigenvalue weighted by molar-refractivity contribution is -0.0508. The van der Waals surface area contributed by atoms with E-state index in [-0.39, 0.29) is 0 Å². The Morgan fingerprint density at radius 3 is 3.00 bits per heavy atom. The molecule has 0 N–H and O–H groups in total. The normalized spacial score (nSPS) is 17.0. The lowest BCUT2D eigenvalue weighted by atomic mass is 10.1. The van der Waals surface area contributed by atoms with Gasteiger partial charge in [0, 0.05) is 12.0 Å². The molecule has 0 saturated carbocycles. The fourth-order valence-electron chi connectivity index (χ4n) is 1.06. The van der Waals surface area contributed by atoms with Gasteiger partial charge in [0.15, 0.2) is 0 Å². The minimum absolute atomic E-state index is 0.582. The lowest BCUT2D eigenvalue weighted by Crippen LogP contribution is -2.32. The predicted molar refractivity (Wildman–Crippen MR) is 45.1 cm³/mol. The predicted octanol–water partition coefficient (Wildman–Crippen LogP) is 1.51. The van der Waals surface area contributed by atoms with Crippen LogP contribution in [0.15, 0.2) is 24.3 Å². The van der Waals surface area contributed by atoms with E-state index in [1.165, 1.54) is 0 Å². The Morgan fingerprint density at radius 2 is 2.42 bits per heavy atom. The maximum absolute atomic E-state index is 5.47. The van der Waals surface area contributed by atoms with Crippen LogP contribution in [-0.2, 0) is 4.74 Å². The molecule has 0 amide bonds. The third kappa shape index (κ3) is 1.77. The summed E-state index contributed by atoms with van der Waals surface area (Å²) >= 11 is 0. The molecule has 2 heteroatoms. The van der Waals surface area contributed by atoms with E-state index in [2.05, 4.69) is 6.07 Å². The molecule has 1 aromatic carbocycles. The van der Waals surface area contributed by atoms with Crippen molar-refractivity contribution in [1.82, 2.24) is 0 Å². The summed E-state index contributed by atoms with van der Waals surface area (Å²) in [5.74, 6) is 1.41. The van der Waals surface area contributed by atoms with E-state index in [1.54, 1.807) is 0 Å². The van der Waals surface area contributed by atoms with E-state index in [0.29, 0.717) is 5.92 Å². The summed E-state index contributed by atoms with van der Waals surface area (Å²) in [7, 11) is 0. The summed E-state index contributed by atoms with van der Waals surface area (Å²) in [6.45, 7) is 2.43. The first-order valence-electron chi connectivity index (χ1n) is 4.12. The number of hydrogen-bond acceptors (Lipinski definition) is 2. The third-order valence-corrected chi connectivity index (χ3v) is 1.86. The van der Waals surface area contributed by atoms with E-state index in [0.717, 1.165) is 25.6 Å². The van der Waals surface area contributed by atoms with Crippen molar-refractivity contribution in [2.24, 2.45) is 5.92 Å². The van der Waals surface area contributed by atoms with Crippen molar-refractivity contribution in [2.75, 3.05) is 19.8 Å². The molecule has 2 nitrogen and oxygen atoms in total. The number of benzene rings is 1. The SMILES string of the molecule is [c]1ccccc1OCC1COC1. The van der Waals surface area contributed by atoms with E-state index < -0.39 is 0 Å². The summed E-state index contributed by atoms with van der Waals surface area (Å²) in [6, 6.07) is 10.7. The van der Waals surface area contributed by atoms with E-state index in [9.17, 15) is 0 Å². The highest BCUT2D eigenvalue weighted by Gasteiger charge is 2.18. The minimum Gasteiger partial charge on any atom is -0.492 e. The summed E-state index contributed by atoms with van der Waals surface area (Å²) < 4.78 is 10.5. The zero-order valence-corrected chi connectivity index (χ0v) is 6.82. The quantitative estimate of drug-likeness (QED) is 0.672. The Morgan fingerprint density at radius 1 is 1.50 bits per heavy atom. The first-order chi connectivity index (χ1) is 5.95. The smallest absolute Gasteiger partial charge is 0.127 e. The van der Waals surface area contributed by atoms with E-state index in [4.69, 9.17) is 9.47 Å². The van der Waals surface area contributed by atoms with Crippen LogP contribution in [0.3, 0.4) is 0 Å². The second-order valence-electron chi connectivity index (χ2n) is 2.94. The second-order valence-corrected chi connectivity index (χ2v) is 2.94. The summed E-state index contributed by atoms with van der Waals surface area (Å²) in [5.41, 5.74) is 0. The minimum atomic E-state index is 0.582. The van der Waals surface area contributed by atoms with Crippen LogP contribution in [0.25, 0.3) is 0 Å². The molecule has 1 heterocycles. The fourth-order valence-corrected chi connectivity index (χ4v) is 1.06. The van der Waals surface area contributed by atoms with Gasteiger partial charge in [-0.05, 0) is 6.07 Å². The van der Waals surface area contributed by atoms with E-state index in [1.807, 2.05) is 24.3 Å². The van der Waals surface area contributed by atoms with Gasteiger partial charge in [0.1, 0.15) is 5.75 Å². The van der Waals surface area contributed by atoms with Gasteiger partial charge in [-0.1, -0.05) is 18.2 Å². The Labute approximate surface area is 72.1 Å². The van der Waals surface area contributed by atoms with Gasteiger partial charge in [0.05, 0.1) is 19.8 Å². The largest absolute Gasteiger partial charge is 0.492 e. The highest BCUT2D eigenvalue weighted by Crippen LogP contribution is 2.13. The third-order valence-electron chi connectivity index (χ3n) is 1.86. The molecule has 0 aliphatic carbocycles. The zero-order chi connectivity index (χ0) is 8.23. The molecule has 1 aliphatic rings. The molecule has 1 fully saturated rings. The average molecular weight is 163 g/mol. The number of para-hydroxylation sites is 1. The van der Waals surface area contributed by atoms with Crippen LogP contribution in [0.2, 0.25) is 0 Å². The number of rotatable bonds is 3. The standard InChI is InChI=1S/C10H11O2/c1-2-4-10(5-3-1)12-8-9-6-11-7-9/h1-4,9H,6-8H2. The van der Waals surface area contributed by atoms with E-state index >= 15 is 0 Å². The Balaban J connectivity index is 1.79. The summed E-state index contributed by atoms with van der Waals surface area (Å²) in [6.07, 6.45) is 0. The molecule has 2 rings (SSSR count). The lowest BCUT2D eigenvalue weighted by Gasteiger charge is -2.25. The Hall–Kier alpha value is -1.02. The molecule has 0 atom stereocenters. The van der Waals surface area contributed by atoms with Gasteiger partial charge in [0.2, 0.25) is 0 Å². The summed E-state index contributed by atoms with van der Waals surface area (Å²) in [5, 5.41) is 0. The van der Waals surface area contributed by atoms with Crippen LogP contribution in [0.5, 0.6) is 5.75 Å². The first kappa shape index (κ1) is 7.62. The molecule has 0 spiro atoms. The van der Waals surface area contributed by atoms with Crippen LogP contribution in [-0.4, -0.2) is 19.8 Å². The topological polar surface area (TPSA) is 18.5 Å². The summed E-state index contributed by atoms with van der Waals surface area (Å²) in [4.78, 5) is 0. The highest BCUT2D eigenvalue weighted by atomic mass is 16.5. The van der Waals surface area contributed by atoms with Crippen LogP contribution in [0, 0.1) is 12.0 Å². The van der Waals surface area contributed by atoms with Gasteiger partial charge in [-0.3, -0.25) is 0 Å². The van der Waals surface area contributed by atoms with Gasteiger partial charge >= 0.3 is 0 Å². The molecule has 0 unspecified atom stereocenters. The Bertz CT molecular complexity index is 229. The van der Waals surface area contributed by atoms with Crippen molar-refractivity contribution < 1.29 is 9.47 Å². The van der Waals surface area contributed by atoms with Gasteiger partial charge < -0.3 is 9.47 Å². The van der Waals surface area contributed by atoms with Gasteiger partial charge in [0.25, 0.3) is 0 Å². The van der Waals surface area contributed by atoms with Crippen molar-refractivity contribution in [2.45, 2.75) is 0 Å². The molecule has 0 aromatic heterocycles. The number of hydrogen-bond donors (Lipinski definition) is 0. The molecule has 1 aromatic rings. The van der Waals surface area contributed by atoms with Crippen LogP contribution < -0.4 is 4.74 Å².